The summed E-state index contributed by atoms with van der Waals surface area (Å²) in [5.41, 5.74) is 6.73. The van der Waals surface area contributed by atoms with Gasteiger partial charge in [-0.15, -0.1) is 0 Å². The number of aryl methyl sites for hydroxylation is 2. The fraction of sp³-hybridized carbons (Fsp3) is 0.231. The molecule has 1 aliphatic rings. The first-order valence-electron chi connectivity index (χ1n) is 11.0. The summed E-state index contributed by atoms with van der Waals surface area (Å²) < 4.78 is 2.24. The summed E-state index contributed by atoms with van der Waals surface area (Å²) in [6.07, 6.45) is 7.37. The lowest BCUT2D eigenvalue weighted by Gasteiger charge is -2.28. The normalized spacial score (nSPS) is 17.9. The van der Waals surface area contributed by atoms with Crippen LogP contribution in [-0.2, 0) is 6.54 Å². The van der Waals surface area contributed by atoms with Crippen molar-refractivity contribution in [2.24, 2.45) is 0 Å². The first-order valence-corrected chi connectivity index (χ1v) is 11.4. The van der Waals surface area contributed by atoms with Gasteiger partial charge in [-0.05, 0) is 80.0 Å². The van der Waals surface area contributed by atoms with Crippen molar-refractivity contribution in [2.75, 3.05) is 0 Å². The van der Waals surface area contributed by atoms with Gasteiger partial charge in [-0.2, -0.15) is 0 Å². The van der Waals surface area contributed by atoms with E-state index in [4.69, 9.17) is 12.2 Å². The van der Waals surface area contributed by atoms with Crippen LogP contribution in [0.5, 0.6) is 0 Å². The highest BCUT2D eigenvalue weighted by atomic mass is 32.1. The number of aromatic nitrogens is 4. The minimum atomic E-state index is -0.0610. The number of nitrogens with one attached hydrogen (secondary N) is 1. The topological polar surface area (TPSA) is 58.9 Å². The van der Waals surface area contributed by atoms with Crippen LogP contribution < -0.4 is 5.32 Å². The van der Waals surface area contributed by atoms with E-state index in [9.17, 15) is 0 Å². The van der Waals surface area contributed by atoms with E-state index in [0.717, 1.165) is 39.1 Å². The molecule has 0 saturated carbocycles. The van der Waals surface area contributed by atoms with Crippen LogP contribution in [0.15, 0.2) is 73.3 Å². The zero-order chi connectivity index (χ0) is 22.9. The lowest BCUT2D eigenvalue weighted by atomic mass is 9.96. The number of hydrogen-bond donors (Lipinski definition) is 1. The van der Waals surface area contributed by atoms with Gasteiger partial charge in [0.15, 0.2) is 5.11 Å². The quantitative estimate of drug-likeness (QED) is 0.439. The molecular weight excluding hydrogens is 428 g/mol. The van der Waals surface area contributed by atoms with E-state index < -0.39 is 0 Å². The first-order chi connectivity index (χ1) is 16.0. The highest BCUT2D eigenvalue weighted by Gasteiger charge is 2.41. The Bertz CT molecular complexity index is 1280. The predicted octanol–water partition coefficient (Wildman–Crippen LogP) is 4.76. The third kappa shape index (κ3) is 3.89. The zero-order valence-electron chi connectivity index (χ0n) is 18.9. The maximum atomic E-state index is 5.84. The number of nitrogens with zero attached hydrogens (tertiary/aromatic N) is 5. The maximum absolute atomic E-state index is 5.84. The van der Waals surface area contributed by atoms with Gasteiger partial charge in [0, 0.05) is 42.7 Å². The third-order valence-electron chi connectivity index (χ3n) is 6.26. The Morgan fingerprint density at radius 2 is 1.79 bits per heavy atom. The molecule has 1 fully saturated rings. The fourth-order valence-electron chi connectivity index (χ4n) is 4.73. The van der Waals surface area contributed by atoms with Crippen LogP contribution in [0.3, 0.4) is 0 Å². The molecule has 166 valence electrons. The second-order valence-corrected chi connectivity index (χ2v) is 8.81. The molecule has 0 amide bonds. The molecule has 1 saturated heterocycles. The van der Waals surface area contributed by atoms with Crippen LogP contribution in [-0.4, -0.2) is 29.5 Å². The number of thiocarbonyl (C=S) groups is 1. The van der Waals surface area contributed by atoms with E-state index in [1.807, 2.05) is 42.9 Å². The highest BCUT2D eigenvalue weighted by Crippen LogP contribution is 2.42. The molecule has 4 aromatic heterocycles. The van der Waals surface area contributed by atoms with Crippen LogP contribution in [0.25, 0.3) is 5.82 Å². The van der Waals surface area contributed by atoms with Crippen molar-refractivity contribution in [2.45, 2.75) is 39.4 Å². The molecule has 5 heterocycles. The molecule has 0 radical (unpaired) electrons. The molecule has 1 N–H and O–H groups in total. The van der Waals surface area contributed by atoms with Gasteiger partial charge in [-0.25, -0.2) is 4.98 Å². The third-order valence-corrected chi connectivity index (χ3v) is 6.61. The SMILES string of the molecule is Cc1cccnc1-n1c(C)cc([C@@H]2[C@@H](c3ccccn3)NC(=S)N2Cc2cccnc2)c1C. The molecule has 0 spiro atoms. The minimum Gasteiger partial charge on any atom is -0.352 e. The van der Waals surface area contributed by atoms with E-state index in [1.165, 1.54) is 5.56 Å². The van der Waals surface area contributed by atoms with Gasteiger partial charge in [-0.3, -0.25) is 9.97 Å². The van der Waals surface area contributed by atoms with Crippen molar-refractivity contribution in [3.05, 3.63) is 107 Å². The molecule has 33 heavy (non-hydrogen) atoms. The molecule has 6 nitrogen and oxygen atoms in total. The van der Waals surface area contributed by atoms with Gasteiger partial charge in [-0.1, -0.05) is 18.2 Å². The molecule has 0 unspecified atom stereocenters. The number of rotatable bonds is 5. The Labute approximate surface area is 199 Å². The van der Waals surface area contributed by atoms with Gasteiger partial charge in [0.2, 0.25) is 0 Å². The van der Waals surface area contributed by atoms with E-state index in [2.05, 4.69) is 74.8 Å². The van der Waals surface area contributed by atoms with Crippen LogP contribution in [0.1, 0.15) is 45.9 Å². The maximum Gasteiger partial charge on any atom is 0.170 e. The molecule has 0 aliphatic carbocycles. The van der Waals surface area contributed by atoms with Crippen molar-refractivity contribution < 1.29 is 0 Å². The van der Waals surface area contributed by atoms with Crippen molar-refractivity contribution in [1.82, 2.24) is 29.7 Å². The van der Waals surface area contributed by atoms with Gasteiger partial charge >= 0.3 is 0 Å². The van der Waals surface area contributed by atoms with E-state index in [1.54, 1.807) is 6.20 Å². The second kappa shape index (κ2) is 8.75. The van der Waals surface area contributed by atoms with Crippen LogP contribution in [0.2, 0.25) is 0 Å². The van der Waals surface area contributed by atoms with E-state index >= 15 is 0 Å². The Morgan fingerprint density at radius 1 is 0.970 bits per heavy atom. The van der Waals surface area contributed by atoms with Crippen LogP contribution in [0.4, 0.5) is 0 Å². The molecule has 0 bridgehead atoms. The van der Waals surface area contributed by atoms with E-state index in [0.29, 0.717) is 6.54 Å². The Hall–Kier alpha value is -3.58. The highest BCUT2D eigenvalue weighted by molar-refractivity contribution is 7.80. The van der Waals surface area contributed by atoms with Crippen LogP contribution >= 0.6 is 12.2 Å². The molecule has 2 atom stereocenters. The van der Waals surface area contributed by atoms with Crippen molar-refractivity contribution >= 4 is 17.3 Å². The van der Waals surface area contributed by atoms with Gasteiger partial charge in [0.05, 0.1) is 17.8 Å². The number of hydrogen-bond acceptors (Lipinski definition) is 4. The minimum absolute atomic E-state index is 0.0171. The molecule has 7 heteroatoms. The van der Waals surface area contributed by atoms with Crippen LogP contribution in [0, 0.1) is 20.8 Å². The predicted molar refractivity (Wildman–Crippen MR) is 133 cm³/mol. The first kappa shape index (κ1) is 21.3. The fourth-order valence-corrected chi connectivity index (χ4v) is 5.03. The summed E-state index contributed by atoms with van der Waals surface area (Å²) >= 11 is 5.84. The van der Waals surface area contributed by atoms with Crippen molar-refractivity contribution in [1.29, 1.82) is 0 Å². The number of pyridine rings is 3. The lowest BCUT2D eigenvalue weighted by molar-refractivity contribution is 0.310. The average molecular weight is 455 g/mol. The summed E-state index contributed by atoms with van der Waals surface area (Å²) in [5, 5.41) is 4.27. The van der Waals surface area contributed by atoms with E-state index in [-0.39, 0.29) is 12.1 Å². The molecule has 4 aromatic rings. The average Bonchev–Trinajstić information content (AvgIpc) is 3.30. The molecular formula is C26H26N6S. The van der Waals surface area contributed by atoms with Crippen molar-refractivity contribution in [3.63, 3.8) is 0 Å². The summed E-state index contributed by atoms with van der Waals surface area (Å²) in [6, 6.07) is 16.3. The standard InChI is InChI=1S/C26H26N6S/c1-17-8-6-13-29-25(17)32-18(2)14-21(19(32)3)24-23(22-10-4-5-12-28-22)30-26(33)31(24)16-20-9-7-11-27-15-20/h4-15,23-24H,16H2,1-3H3,(H,30,33)/t23-,24-/m1/s1. The van der Waals surface area contributed by atoms with Crippen molar-refractivity contribution in [3.8, 4) is 5.82 Å². The van der Waals surface area contributed by atoms with Gasteiger partial charge < -0.3 is 14.8 Å². The Kier molecular flexibility index (Phi) is 5.64. The summed E-state index contributed by atoms with van der Waals surface area (Å²) in [7, 11) is 0. The molecule has 5 rings (SSSR count). The second-order valence-electron chi connectivity index (χ2n) is 8.42. The molecule has 1 aliphatic heterocycles. The smallest absolute Gasteiger partial charge is 0.170 e. The Balaban J connectivity index is 1.63. The van der Waals surface area contributed by atoms with Gasteiger partial charge in [0.25, 0.3) is 0 Å². The monoisotopic (exact) mass is 454 g/mol. The summed E-state index contributed by atoms with van der Waals surface area (Å²) in [4.78, 5) is 15.9. The van der Waals surface area contributed by atoms with Gasteiger partial charge in [0.1, 0.15) is 5.82 Å². The lowest BCUT2D eigenvalue weighted by Crippen LogP contribution is -2.29. The summed E-state index contributed by atoms with van der Waals surface area (Å²) in [5.74, 6) is 0.959. The largest absolute Gasteiger partial charge is 0.352 e. The Morgan fingerprint density at radius 3 is 2.52 bits per heavy atom. The summed E-state index contributed by atoms with van der Waals surface area (Å²) in [6.45, 7) is 7.06. The molecule has 0 aromatic carbocycles. The zero-order valence-corrected chi connectivity index (χ0v) is 19.8.